The molecule has 3 N–H and O–H groups in total. The molecule has 0 aromatic heterocycles. The molecule has 2 aromatic rings. The third-order valence-corrected chi connectivity index (χ3v) is 3.23. The second-order valence-corrected chi connectivity index (χ2v) is 4.93. The Morgan fingerprint density at radius 1 is 1.33 bits per heavy atom. The van der Waals surface area contributed by atoms with E-state index >= 15 is 0 Å². The number of nitrogen functional groups attached to an aromatic ring is 1. The van der Waals surface area contributed by atoms with E-state index in [1.807, 2.05) is 0 Å². The van der Waals surface area contributed by atoms with Crippen molar-refractivity contribution in [3.8, 4) is 0 Å². The van der Waals surface area contributed by atoms with E-state index in [1.165, 1.54) is 31.4 Å². The van der Waals surface area contributed by atoms with Gasteiger partial charge in [-0.3, -0.25) is 0 Å². The first kappa shape index (κ1) is 15.1. The Balaban J connectivity index is 2.43. The van der Waals surface area contributed by atoms with Crippen molar-refractivity contribution in [2.45, 2.75) is 6.92 Å². The molecule has 21 heavy (non-hydrogen) atoms. The van der Waals surface area contributed by atoms with Gasteiger partial charge >= 0.3 is 5.97 Å². The Bertz CT molecular complexity index is 704. The first-order valence-corrected chi connectivity index (χ1v) is 6.50. The quantitative estimate of drug-likeness (QED) is 0.666. The second kappa shape index (κ2) is 6.01. The number of nitrogens with one attached hydrogen (secondary N) is 1. The zero-order valence-electron chi connectivity index (χ0n) is 11.5. The first-order chi connectivity index (χ1) is 9.92. The van der Waals surface area contributed by atoms with E-state index in [1.54, 1.807) is 13.0 Å². The lowest BCUT2D eigenvalue weighted by Gasteiger charge is -2.13. The number of nitrogens with two attached hydrogens (primary N) is 1. The molecule has 0 aliphatic carbocycles. The number of carbonyl (C=O) groups excluding carboxylic acids is 1. The highest BCUT2D eigenvalue weighted by molar-refractivity contribution is 6.30. The van der Waals surface area contributed by atoms with Crippen LogP contribution in [0.1, 0.15) is 15.9 Å². The predicted molar refractivity (Wildman–Crippen MR) is 81.6 cm³/mol. The molecular weight excluding hydrogens is 295 g/mol. The van der Waals surface area contributed by atoms with Crippen LogP contribution in [0.15, 0.2) is 30.3 Å². The summed E-state index contributed by atoms with van der Waals surface area (Å²) < 4.78 is 18.4. The molecule has 0 fully saturated rings. The van der Waals surface area contributed by atoms with E-state index < -0.39 is 11.8 Å². The fourth-order valence-electron chi connectivity index (χ4n) is 1.90. The largest absolute Gasteiger partial charge is 0.465 e. The molecule has 0 spiro atoms. The van der Waals surface area contributed by atoms with Crippen LogP contribution in [0.2, 0.25) is 5.02 Å². The van der Waals surface area contributed by atoms with E-state index in [9.17, 15) is 9.18 Å². The van der Waals surface area contributed by atoms with Gasteiger partial charge in [0.15, 0.2) is 0 Å². The van der Waals surface area contributed by atoms with Crippen LogP contribution in [-0.4, -0.2) is 13.1 Å². The molecule has 0 atom stereocenters. The lowest BCUT2D eigenvalue weighted by atomic mass is 10.1. The van der Waals surface area contributed by atoms with Gasteiger partial charge in [-0.2, -0.15) is 0 Å². The number of halogens is 2. The summed E-state index contributed by atoms with van der Waals surface area (Å²) in [6, 6.07) is 7.39. The van der Waals surface area contributed by atoms with Gasteiger partial charge in [-0.05, 0) is 42.8 Å². The van der Waals surface area contributed by atoms with Gasteiger partial charge in [0.25, 0.3) is 0 Å². The summed E-state index contributed by atoms with van der Waals surface area (Å²) >= 11 is 5.84. The lowest BCUT2D eigenvalue weighted by molar-refractivity contribution is 0.0602. The van der Waals surface area contributed by atoms with Gasteiger partial charge < -0.3 is 15.8 Å². The molecule has 110 valence electrons. The molecule has 0 amide bonds. The predicted octanol–water partition coefficient (Wildman–Crippen LogP) is 3.90. The van der Waals surface area contributed by atoms with Gasteiger partial charge in [0.05, 0.1) is 18.4 Å². The van der Waals surface area contributed by atoms with E-state index in [-0.39, 0.29) is 11.3 Å². The minimum Gasteiger partial charge on any atom is -0.465 e. The summed E-state index contributed by atoms with van der Waals surface area (Å²) in [7, 11) is 1.27. The molecule has 0 radical (unpaired) electrons. The Morgan fingerprint density at radius 3 is 2.71 bits per heavy atom. The van der Waals surface area contributed by atoms with Crippen LogP contribution < -0.4 is 11.1 Å². The van der Waals surface area contributed by atoms with Crippen molar-refractivity contribution in [2.24, 2.45) is 0 Å². The maximum Gasteiger partial charge on any atom is 0.340 e. The Hall–Kier alpha value is -2.27. The fourth-order valence-corrected chi connectivity index (χ4v) is 2.07. The van der Waals surface area contributed by atoms with Gasteiger partial charge in [-0.25, -0.2) is 9.18 Å². The number of rotatable bonds is 3. The van der Waals surface area contributed by atoms with Crippen LogP contribution in [0.4, 0.5) is 21.5 Å². The number of hydrogen-bond donors (Lipinski definition) is 2. The maximum absolute atomic E-state index is 13.7. The fraction of sp³-hybridized carbons (Fsp3) is 0.133. The summed E-state index contributed by atoms with van der Waals surface area (Å²) in [5.41, 5.74) is 7.82. The maximum atomic E-state index is 13.7. The number of aryl methyl sites for hydroxylation is 1. The van der Waals surface area contributed by atoms with Crippen molar-refractivity contribution in [1.82, 2.24) is 0 Å². The molecule has 2 aromatic carbocycles. The first-order valence-electron chi connectivity index (χ1n) is 6.13. The van der Waals surface area contributed by atoms with Crippen LogP contribution in [0.25, 0.3) is 0 Å². The normalized spacial score (nSPS) is 10.3. The highest BCUT2D eigenvalue weighted by Crippen LogP contribution is 2.28. The summed E-state index contributed by atoms with van der Waals surface area (Å²) in [6.45, 7) is 1.75. The number of esters is 1. The van der Waals surface area contributed by atoms with Gasteiger partial charge in [-0.1, -0.05) is 11.6 Å². The highest BCUT2D eigenvalue weighted by Gasteiger charge is 2.14. The van der Waals surface area contributed by atoms with Crippen LogP contribution in [-0.2, 0) is 4.74 Å². The number of methoxy groups -OCH3 is 1. The molecular formula is C15H14ClFN2O2. The molecule has 0 aliphatic heterocycles. The van der Waals surface area contributed by atoms with E-state index in [0.29, 0.717) is 22.0 Å². The zero-order chi connectivity index (χ0) is 15.6. The average Bonchev–Trinajstić information content (AvgIpc) is 2.45. The number of benzene rings is 2. The minimum absolute atomic E-state index is 0.211. The molecule has 6 heteroatoms. The van der Waals surface area contributed by atoms with Crippen LogP contribution in [0.5, 0.6) is 0 Å². The number of ether oxygens (including phenoxy) is 1. The standard InChI is InChI=1S/C15H14ClFN2O2/c1-8-5-10(7-11(14(8)18)15(20)21-2)19-13-6-9(16)3-4-12(13)17/h3-7,19H,18H2,1-2H3. The monoisotopic (exact) mass is 308 g/mol. The van der Waals surface area contributed by atoms with E-state index in [4.69, 9.17) is 17.3 Å². The molecule has 4 nitrogen and oxygen atoms in total. The molecule has 0 unspecified atom stereocenters. The third-order valence-electron chi connectivity index (χ3n) is 3.00. The van der Waals surface area contributed by atoms with E-state index in [2.05, 4.69) is 10.1 Å². The van der Waals surface area contributed by atoms with Crippen molar-refractivity contribution in [2.75, 3.05) is 18.2 Å². The van der Waals surface area contributed by atoms with Crippen molar-refractivity contribution in [3.63, 3.8) is 0 Å². The average molecular weight is 309 g/mol. The van der Waals surface area contributed by atoms with Gasteiger partial charge in [0.2, 0.25) is 0 Å². The molecule has 0 bridgehead atoms. The second-order valence-electron chi connectivity index (χ2n) is 4.50. The molecule has 0 saturated carbocycles. The van der Waals surface area contributed by atoms with Crippen molar-refractivity contribution < 1.29 is 13.9 Å². The number of hydrogen-bond acceptors (Lipinski definition) is 4. The molecule has 2 rings (SSSR count). The van der Waals surface area contributed by atoms with Crippen molar-refractivity contribution >= 4 is 34.6 Å². The van der Waals surface area contributed by atoms with Gasteiger partial charge in [0, 0.05) is 16.4 Å². The Kier molecular flexibility index (Phi) is 4.33. The summed E-state index contributed by atoms with van der Waals surface area (Å²) in [5, 5.41) is 3.28. The Labute approximate surface area is 126 Å². The minimum atomic E-state index is -0.550. The van der Waals surface area contributed by atoms with Crippen LogP contribution >= 0.6 is 11.6 Å². The lowest BCUT2D eigenvalue weighted by Crippen LogP contribution is -2.08. The SMILES string of the molecule is COC(=O)c1cc(Nc2cc(Cl)ccc2F)cc(C)c1N. The van der Waals surface area contributed by atoms with Crippen LogP contribution in [0.3, 0.4) is 0 Å². The summed E-state index contributed by atoms with van der Waals surface area (Å²) in [5.74, 6) is -1.00. The third kappa shape index (κ3) is 3.25. The number of carbonyl (C=O) groups is 1. The Morgan fingerprint density at radius 2 is 2.05 bits per heavy atom. The summed E-state index contributed by atoms with van der Waals surface area (Å²) in [6.07, 6.45) is 0. The van der Waals surface area contributed by atoms with Crippen molar-refractivity contribution in [1.29, 1.82) is 0 Å². The highest BCUT2D eigenvalue weighted by atomic mass is 35.5. The van der Waals surface area contributed by atoms with E-state index in [0.717, 1.165) is 0 Å². The van der Waals surface area contributed by atoms with Gasteiger partial charge in [-0.15, -0.1) is 0 Å². The summed E-state index contributed by atoms with van der Waals surface area (Å²) in [4.78, 5) is 11.7. The number of anilines is 3. The smallest absolute Gasteiger partial charge is 0.340 e. The molecule has 0 aliphatic rings. The van der Waals surface area contributed by atoms with Gasteiger partial charge in [0.1, 0.15) is 5.82 Å². The molecule has 0 saturated heterocycles. The topological polar surface area (TPSA) is 64.3 Å². The molecule has 0 heterocycles. The zero-order valence-corrected chi connectivity index (χ0v) is 12.3. The van der Waals surface area contributed by atoms with Crippen LogP contribution in [0, 0.1) is 12.7 Å². The van der Waals surface area contributed by atoms with Crippen molar-refractivity contribution in [3.05, 3.63) is 52.3 Å².